The van der Waals surface area contributed by atoms with E-state index in [1.807, 2.05) is 12.1 Å². The summed E-state index contributed by atoms with van der Waals surface area (Å²) in [5.74, 6) is 0.287. The van der Waals surface area contributed by atoms with E-state index in [9.17, 15) is 0 Å². The smallest absolute Gasteiger partial charge is 0.115 e. The van der Waals surface area contributed by atoms with E-state index < -0.39 is 5.66 Å². The van der Waals surface area contributed by atoms with Crippen molar-refractivity contribution in [3.05, 3.63) is 64.7 Å². The van der Waals surface area contributed by atoms with Gasteiger partial charge >= 0.3 is 0 Å². The fourth-order valence-corrected chi connectivity index (χ4v) is 3.90. The number of nitrogens with two attached hydrogens (primary N) is 2. The summed E-state index contributed by atoms with van der Waals surface area (Å²) in [7, 11) is 0. The second kappa shape index (κ2) is 4.62. The van der Waals surface area contributed by atoms with Gasteiger partial charge in [-0.15, -0.1) is 0 Å². The molecule has 5 N–H and O–H groups in total. The van der Waals surface area contributed by atoms with Crippen LogP contribution in [0.2, 0.25) is 0 Å². The number of hydrogen-bond acceptors (Lipinski definition) is 3. The van der Waals surface area contributed by atoms with Gasteiger partial charge in [-0.2, -0.15) is 0 Å². The Morgan fingerprint density at radius 1 is 1.14 bits per heavy atom. The Kier molecular flexibility index (Phi) is 2.81. The third kappa shape index (κ3) is 1.79. The van der Waals surface area contributed by atoms with Gasteiger partial charge in [-0.3, -0.25) is 0 Å². The van der Waals surface area contributed by atoms with Crippen LogP contribution in [0, 0.1) is 0 Å². The van der Waals surface area contributed by atoms with E-state index >= 15 is 0 Å². The van der Waals surface area contributed by atoms with Crippen molar-refractivity contribution >= 4 is 17.5 Å². The Morgan fingerprint density at radius 2 is 1.95 bits per heavy atom. The molecule has 0 fully saturated rings. The average molecular weight is 291 g/mol. The molecule has 0 spiro atoms. The fraction of sp³-hybridized carbons (Fsp3) is 0.263. The fourth-order valence-electron chi connectivity index (χ4n) is 3.90. The lowest BCUT2D eigenvalue weighted by Gasteiger charge is -2.42. The van der Waals surface area contributed by atoms with Crippen LogP contribution < -0.4 is 16.8 Å². The number of benzene rings is 2. The molecule has 0 saturated heterocycles. The van der Waals surface area contributed by atoms with Gasteiger partial charge in [0.15, 0.2) is 0 Å². The minimum atomic E-state index is -0.548. The Bertz CT molecular complexity index is 778. The van der Waals surface area contributed by atoms with Crippen molar-refractivity contribution in [2.24, 2.45) is 5.73 Å². The van der Waals surface area contributed by atoms with Crippen LogP contribution in [0.3, 0.4) is 0 Å². The molecule has 3 heteroatoms. The predicted molar refractivity (Wildman–Crippen MR) is 92.6 cm³/mol. The molecular formula is C19H21N3. The first-order chi connectivity index (χ1) is 10.6. The number of aryl methyl sites for hydroxylation is 1. The molecule has 3 nitrogen and oxygen atoms in total. The van der Waals surface area contributed by atoms with E-state index in [-0.39, 0.29) is 5.92 Å². The normalized spacial score (nSPS) is 25.9. The van der Waals surface area contributed by atoms with E-state index in [0.29, 0.717) is 0 Å². The van der Waals surface area contributed by atoms with Crippen LogP contribution in [0.5, 0.6) is 0 Å². The summed E-state index contributed by atoms with van der Waals surface area (Å²) in [4.78, 5) is 0. The Labute approximate surface area is 131 Å². The molecule has 0 radical (unpaired) electrons. The van der Waals surface area contributed by atoms with E-state index in [1.165, 1.54) is 11.1 Å². The van der Waals surface area contributed by atoms with Crippen molar-refractivity contribution < 1.29 is 0 Å². The number of nitrogens with one attached hydrogen (secondary N) is 1. The lowest BCUT2D eigenvalue weighted by molar-refractivity contribution is 0.445. The molecular weight excluding hydrogens is 270 g/mol. The quantitative estimate of drug-likeness (QED) is 0.705. The molecule has 1 aliphatic heterocycles. The third-order valence-corrected chi connectivity index (χ3v) is 5.18. The van der Waals surface area contributed by atoms with Crippen molar-refractivity contribution in [1.82, 2.24) is 0 Å². The standard InChI is InChI=1S/C19H21N3/c1-12-11-15-17(20)7-4-8-18(15)22-19(12,21)16-10-9-13-5-2-3-6-14(13)16/h2-8,11,16,22H,9-10,20-21H2,1H3/t16?,19-/m0/s1. The number of anilines is 2. The van der Waals surface area contributed by atoms with Crippen LogP contribution in [0.4, 0.5) is 11.4 Å². The zero-order chi connectivity index (χ0) is 15.3. The van der Waals surface area contributed by atoms with Crippen molar-refractivity contribution in [2.75, 3.05) is 11.1 Å². The van der Waals surface area contributed by atoms with Gasteiger partial charge in [-0.25, -0.2) is 0 Å². The molecule has 2 atom stereocenters. The van der Waals surface area contributed by atoms with Crippen molar-refractivity contribution in [3.8, 4) is 0 Å². The summed E-state index contributed by atoms with van der Waals surface area (Å²) in [5, 5.41) is 3.58. The van der Waals surface area contributed by atoms with Crippen molar-refractivity contribution in [2.45, 2.75) is 31.3 Å². The van der Waals surface area contributed by atoms with Crippen LogP contribution in [-0.2, 0) is 6.42 Å². The first-order valence-corrected chi connectivity index (χ1v) is 7.82. The minimum absolute atomic E-state index is 0.287. The van der Waals surface area contributed by atoms with Gasteiger partial charge in [0.2, 0.25) is 0 Å². The van der Waals surface area contributed by atoms with E-state index in [1.54, 1.807) is 0 Å². The molecule has 1 heterocycles. The topological polar surface area (TPSA) is 64.1 Å². The molecule has 1 unspecified atom stereocenters. The summed E-state index contributed by atoms with van der Waals surface area (Å²) in [6.07, 6.45) is 4.31. The van der Waals surface area contributed by atoms with Crippen molar-refractivity contribution in [3.63, 3.8) is 0 Å². The lowest BCUT2D eigenvalue weighted by Crippen LogP contribution is -2.54. The Morgan fingerprint density at radius 3 is 2.82 bits per heavy atom. The monoisotopic (exact) mass is 291 g/mol. The molecule has 4 rings (SSSR count). The van der Waals surface area contributed by atoms with Gasteiger partial charge in [0.25, 0.3) is 0 Å². The third-order valence-electron chi connectivity index (χ3n) is 5.18. The summed E-state index contributed by atoms with van der Waals surface area (Å²) in [6.45, 7) is 2.10. The molecule has 0 bridgehead atoms. The molecule has 2 aromatic rings. The molecule has 22 heavy (non-hydrogen) atoms. The van der Waals surface area contributed by atoms with Crippen LogP contribution in [0.25, 0.3) is 6.08 Å². The number of nitrogen functional groups attached to an aromatic ring is 1. The van der Waals surface area contributed by atoms with E-state index in [0.717, 1.165) is 35.4 Å². The lowest BCUT2D eigenvalue weighted by atomic mass is 9.79. The summed E-state index contributed by atoms with van der Waals surface area (Å²) < 4.78 is 0. The highest BCUT2D eigenvalue weighted by Crippen LogP contribution is 2.46. The van der Waals surface area contributed by atoms with Crippen molar-refractivity contribution in [1.29, 1.82) is 0 Å². The van der Waals surface area contributed by atoms with Gasteiger partial charge < -0.3 is 16.8 Å². The van der Waals surface area contributed by atoms with Crippen LogP contribution in [0.15, 0.2) is 48.0 Å². The number of fused-ring (bicyclic) bond motifs is 2. The largest absolute Gasteiger partial charge is 0.398 e. The summed E-state index contributed by atoms with van der Waals surface area (Å²) in [6, 6.07) is 14.6. The minimum Gasteiger partial charge on any atom is -0.398 e. The second-order valence-electron chi connectivity index (χ2n) is 6.42. The maximum Gasteiger partial charge on any atom is 0.115 e. The van der Waals surface area contributed by atoms with Gasteiger partial charge in [0, 0.05) is 22.9 Å². The van der Waals surface area contributed by atoms with E-state index in [4.69, 9.17) is 11.5 Å². The van der Waals surface area contributed by atoms with Gasteiger partial charge in [0.1, 0.15) is 5.66 Å². The van der Waals surface area contributed by atoms with Gasteiger partial charge in [-0.05, 0) is 54.7 Å². The highest BCUT2D eigenvalue weighted by Gasteiger charge is 2.42. The maximum atomic E-state index is 6.87. The van der Waals surface area contributed by atoms with Crippen LogP contribution >= 0.6 is 0 Å². The van der Waals surface area contributed by atoms with E-state index in [2.05, 4.69) is 48.6 Å². The highest BCUT2D eigenvalue weighted by atomic mass is 15.1. The second-order valence-corrected chi connectivity index (χ2v) is 6.42. The number of hydrogen-bond donors (Lipinski definition) is 3. The molecule has 2 aromatic carbocycles. The van der Waals surface area contributed by atoms with Crippen LogP contribution in [0.1, 0.15) is 36.0 Å². The van der Waals surface area contributed by atoms with Crippen LogP contribution in [-0.4, -0.2) is 5.66 Å². The molecule has 1 aliphatic carbocycles. The molecule has 2 aliphatic rings. The Balaban J connectivity index is 1.81. The van der Waals surface area contributed by atoms with Gasteiger partial charge in [0.05, 0.1) is 0 Å². The predicted octanol–water partition coefficient (Wildman–Crippen LogP) is 3.48. The first-order valence-electron chi connectivity index (χ1n) is 7.82. The molecule has 0 saturated carbocycles. The molecule has 0 amide bonds. The SMILES string of the molecule is CC1=Cc2c(N)cccc2N[C@]1(N)C1CCc2ccccc21. The summed E-state index contributed by atoms with van der Waals surface area (Å²) >= 11 is 0. The average Bonchev–Trinajstić information content (AvgIpc) is 2.94. The zero-order valence-electron chi connectivity index (χ0n) is 12.8. The molecule has 0 aromatic heterocycles. The number of rotatable bonds is 1. The maximum absolute atomic E-state index is 6.87. The van der Waals surface area contributed by atoms with Gasteiger partial charge in [-0.1, -0.05) is 30.3 Å². The zero-order valence-corrected chi connectivity index (χ0v) is 12.8. The molecule has 112 valence electrons. The highest BCUT2D eigenvalue weighted by molar-refractivity contribution is 5.82. The first kappa shape index (κ1) is 13.4. The Hall–Kier alpha value is -2.26. The summed E-state index contributed by atoms with van der Waals surface area (Å²) in [5.41, 5.74) is 19.2.